The Morgan fingerprint density at radius 3 is 2.15 bits per heavy atom. The third-order valence-corrected chi connectivity index (χ3v) is 5.21. The fourth-order valence-corrected chi connectivity index (χ4v) is 3.66. The number of nitrogens with zero attached hydrogens (tertiary/aromatic N) is 1. The van der Waals surface area contributed by atoms with Gasteiger partial charge in [0.1, 0.15) is 11.4 Å². The minimum atomic E-state index is -0.458. The van der Waals surface area contributed by atoms with Crippen LogP contribution >= 0.6 is 0 Å². The summed E-state index contributed by atoms with van der Waals surface area (Å²) in [6.07, 6.45) is 0. The van der Waals surface area contributed by atoms with E-state index in [9.17, 15) is 9.59 Å². The summed E-state index contributed by atoms with van der Waals surface area (Å²) < 4.78 is 16.1. The molecule has 0 fully saturated rings. The Bertz CT molecular complexity index is 1200. The number of hydrogen-bond acceptors (Lipinski definition) is 6. The normalized spacial score (nSPS) is 13.4. The number of ether oxygens (including phenoxy) is 3. The van der Waals surface area contributed by atoms with Gasteiger partial charge in [-0.3, -0.25) is 9.59 Å². The number of amides is 2. The van der Waals surface area contributed by atoms with E-state index in [0.717, 1.165) is 10.6 Å². The van der Waals surface area contributed by atoms with E-state index >= 15 is 0 Å². The van der Waals surface area contributed by atoms with Gasteiger partial charge in [-0.1, -0.05) is 30.3 Å². The highest BCUT2D eigenvalue weighted by Gasteiger charge is 2.40. The van der Waals surface area contributed by atoms with Gasteiger partial charge in [-0.15, -0.1) is 0 Å². The van der Waals surface area contributed by atoms with Crippen molar-refractivity contribution in [2.75, 3.05) is 31.0 Å². The number of anilines is 2. The lowest BCUT2D eigenvalue weighted by atomic mass is 10.0. The molecule has 1 N–H and O–H groups in total. The molecule has 3 aromatic rings. The number of rotatable bonds is 8. The Labute approximate surface area is 192 Å². The molecular weight excluding hydrogens is 420 g/mol. The molecule has 0 spiro atoms. The molecule has 7 nitrogen and oxygen atoms in total. The van der Waals surface area contributed by atoms with Crippen LogP contribution in [0.1, 0.15) is 12.5 Å². The van der Waals surface area contributed by atoms with Gasteiger partial charge in [-0.05, 0) is 48.9 Å². The first kappa shape index (κ1) is 22.0. The van der Waals surface area contributed by atoms with Crippen molar-refractivity contribution in [2.45, 2.75) is 6.92 Å². The molecule has 0 aromatic heterocycles. The van der Waals surface area contributed by atoms with Crippen LogP contribution in [0, 0.1) is 0 Å². The van der Waals surface area contributed by atoms with Gasteiger partial charge >= 0.3 is 0 Å². The molecule has 0 aliphatic carbocycles. The van der Waals surface area contributed by atoms with Gasteiger partial charge in [0.05, 0.1) is 32.1 Å². The Hall–Kier alpha value is -4.26. The monoisotopic (exact) mass is 444 g/mol. The molecule has 0 unspecified atom stereocenters. The zero-order valence-corrected chi connectivity index (χ0v) is 18.6. The van der Waals surface area contributed by atoms with E-state index in [1.165, 1.54) is 14.2 Å². The average molecular weight is 444 g/mol. The van der Waals surface area contributed by atoms with Crippen molar-refractivity contribution < 1.29 is 23.8 Å². The maximum Gasteiger partial charge on any atom is 0.282 e. The van der Waals surface area contributed by atoms with Crippen LogP contribution < -0.4 is 24.4 Å². The second kappa shape index (κ2) is 9.48. The fraction of sp³-hybridized carbons (Fsp3) is 0.154. The summed E-state index contributed by atoms with van der Waals surface area (Å²) in [4.78, 5) is 28.2. The average Bonchev–Trinajstić information content (AvgIpc) is 3.09. The topological polar surface area (TPSA) is 77.1 Å². The van der Waals surface area contributed by atoms with Gasteiger partial charge in [0, 0.05) is 11.8 Å². The van der Waals surface area contributed by atoms with E-state index in [4.69, 9.17) is 14.2 Å². The van der Waals surface area contributed by atoms with Gasteiger partial charge in [0.15, 0.2) is 11.5 Å². The van der Waals surface area contributed by atoms with Crippen LogP contribution in [0.3, 0.4) is 0 Å². The van der Waals surface area contributed by atoms with Crippen LogP contribution in [0.2, 0.25) is 0 Å². The molecule has 0 atom stereocenters. The van der Waals surface area contributed by atoms with Crippen LogP contribution in [-0.2, 0) is 9.59 Å². The van der Waals surface area contributed by atoms with Crippen molar-refractivity contribution in [3.63, 3.8) is 0 Å². The summed E-state index contributed by atoms with van der Waals surface area (Å²) in [5.41, 5.74) is 2.19. The van der Waals surface area contributed by atoms with E-state index in [1.807, 2.05) is 37.3 Å². The molecule has 2 amide bonds. The Balaban J connectivity index is 1.75. The maximum absolute atomic E-state index is 13.5. The van der Waals surface area contributed by atoms with Crippen molar-refractivity contribution >= 4 is 28.8 Å². The molecule has 168 valence electrons. The van der Waals surface area contributed by atoms with Gasteiger partial charge in [-0.2, -0.15) is 0 Å². The highest BCUT2D eigenvalue weighted by molar-refractivity contribution is 6.46. The third kappa shape index (κ3) is 4.25. The summed E-state index contributed by atoms with van der Waals surface area (Å²) in [5.74, 6) is 0.766. The Morgan fingerprint density at radius 2 is 1.52 bits per heavy atom. The summed E-state index contributed by atoms with van der Waals surface area (Å²) in [7, 11) is 3.03. The molecule has 1 heterocycles. The van der Waals surface area contributed by atoms with Crippen LogP contribution in [0.15, 0.2) is 78.5 Å². The Kier molecular flexibility index (Phi) is 6.31. The highest BCUT2D eigenvalue weighted by Crippen LogP contribution is 2.37. The van der Waals surface area contributed by atoms with Gasteiger partial charge in [-0.25, -0.2) is 4.90 Å². The van der Waals surface area contributed by atoms with E-state index < -0.39 is 11.8 Å². The number of benzene rings is 3. The predicted molar refractivity (Wildman–Crippen MR) is 127 cm³/mol. The number of imide groups is 1. The van der Waals surface area contributed by atoms with Crippen LogP contribution in [-0.4, -0.2) is 32.6 Å². The van der Waals surface area contributed by atoms with Crippen molar-refractivity contribution in [2.24, 2.45) is 0 Å². The molecule has 0 saturated heterocycles. The molecule has 33 heavy (non-hydrogen) atoms. The minimum absolute atomic E-state index is 0.199. The van der Waals surface area contributed by atoms with Crippen molar-refractivity contribution in [1.82, 2.24) is 0 Å². The van der Waals surface area contributed by atoms with Crippen LogP contribution in [0.5, 0.6) is 17.2 Å². The lowest BCUT2D eigenvalue weighted by Crippen LogP contribution is -2.32. The summed E-state index contributed by atoms with van der Waals surface area (Å²) in [6.45, 7) is 2.47. The first-order chi connectivity index (χ1) is 16.1. The fourth-order valence-electron chi connectivity index (χ4n) is 3.66. The number of nitrogens with one attached hydrogen (secondary N) is 1. The molecule has 3 aromatic carbocycles. The second-order valence-electron chi connectivity index (χ2n) is 7.18. The standard InChI is InChI=1S/C26H24N2O5/c1-4-33-20-13-10-18(11-14-20)27-24-23(17-8-6-5-7-9-17)25(29)28(26(24)30)19-12-15-21(31-2)22(16-19)32-3/h5-16,27H,4H2,1-3H3. The van der Waals surface area contributed by atoms with E-state index in [-0.39, 0.29) is 5.70 Å². The van der Waals surface area contributed by atoms with Crippen molar-refractivity contribution in [3.8, 4) is 17.2 Å². The van der Waals surface area contributed by atoms with Crippen LogP contribution in [0.4, 0.5) is 11.4 Å². The highest BCUT2D eigenvalue weighted by atomic mass is 16.5. The quantitative estimate of drug-likeness (QED) is 0.516. The first-order valence-electron chi connectivity index (χ1n) is 10.5. The van der Waals surface area contributed by atoms with Gasteiger partial charge in [0.2, 0.25) is 0 Å². The van der Waals surface area contributed by atoms with Crippen molar-refractivity contribution in [1.29, 1.82) is 0 Å². The molecule has 1 aliphatic rings. The molecule has 0 radical (unpaired) electrons. The molecule has 0 bridgehead atoms. The number of carbonyl (C=O) groups excluding carboxylic acids is 2. The van der Waals surface area contributed by atoms with Crippen molar-refractivity contribution in [3.05, 3.63) is 84.1 Å². The molecular formula is C26H24N2O5. The SMILES string of the molecule is CCOc1ccc(NC2=C(c3ccccc3)C(=O)N(c3ccc(OC)c(OC)c3)C2=O)cc1. The van der Waals surface area contributed by atoms with E-state index in [0.29, 0.717) is 40.6 Å². The maximum atomic E-state index is 13.5. The summed E-state index contributed by atoms with van der Waals surface area (Å²) in [6, 6.07) is 21.3. The summed E-state index contributed by atoms with van der Waals surface area (Å²) >= 11 is 0. The first-order valence-corrected chi connectivity index (χ1v) is 10.5. The van der Waals surface area contributed by atoms with E-state index in [2.05, 4.69) is 5.32 Å². The molecule has 7 heteroatoms. The smallest absolute Gasteiger partial charge is 0.282 e. The number of hydrogen-bond donors (Lipinski definition) is 1. The molecule has 0 saturated carbocycles. The van der Waals surface area contributed by atoms with Gasteiger partial charge in [0.25, 0.3) is 11.8 Å². The molecule has 1 aliphatic heterocycles. The zero-order chi connectivity index (χ0) is 23.4. The molecule has 4 rings (SSSR count). The van der Waals surface area contributed by atoms with Gasteiger partial charge < -0.3 is 19.5 Å². The lowest BCUT2D eigenvalue weighted by molar-refractivity contribution is -0.120. The largest absolute Gasteiger partial charge is 0.494 e. The lowest BCUT2D eigenvalue weighted by Gasteiger charge is -2.17. The minimum Gasteiger partial charge on any atom is -0.494 e. The third-order valence-electron chi connectivity index (χ3n) is 5.21. The summed E-state index contributed by atoms with van der Waals surface area (Å²) in [5, 5.41) is 3.15. The predicted octanol–water partition coefficient (Wildman–Crippen LogP) is 4.50. The van der Waals surface area contributed by atoms with E-state index in [1.54, 1.807) is 42.5 Å². The number of methoxy groups -OCH3 is 2. The second-order valence-corrected chi connectivity index (χ2v) is 7.18. The number of carbonyl (C=O) groups is 2. The van der Waals surface area contributed by atoms with Crippen LogP contribution in [0.25, 0.3) is 5.57 Å². The zero-order valence-electron chi connectivity index (χ0n) is 18.6. The Morgan fingerprint density at radius 1 is 0.818 bits per heavy atom.